The predicted molar refractivity (Wildman–Crippen MR) is 77.4 cm³/mol. The summed E-state index contributed by atoms with van der Waals surface area (Å²) in [6.45, 7) is 0.538. The molecule has 1 nitrogen and oxygen atoms in total. The summed E-state index contributed by atoms with van der Waals surface area (Å²) in [6, 6.07) is 13.1. The first-order valence-electron chi connectivity index (χ1n) is 5.61. The van der Waals surface area contributed by atoms with E-state index in [2.05, 4.69) is 15.9 Å². The van der Waals surface area contributed by atoms with Crippen molar-refractivity contribution in [1.82, 2.24) is 0 Å². The van der Waals surface area contributed by atoms with Crippen LogP contribution in [0.2, 0.25) is 0 Å². The molecule has 18 heavy (non-hydrogen) atoms. The van der Waals surface area contributed by atoms with Gasteiger partial charge in [-0.05, 0) is 58.7 Å². The maximum Gasteiger partial charge on any atom is 0.137 e. The monoisotopic (exact) mass is 325 g/mol. The zero-order chi connectivity index (χ0) is 13.0. The minimum atomic E-state index is -0.193. The molecule has 0 heterocycles. The van der Waals surface area contributed by atoms with E-state index in [1.54, 1.807) is 6.07 Å². The highest BCUT2D eigenvalue weighted by Gasteiger charge is 2.07. The molecule has 2 aromatic carbocycles. The zero-order valence-electron chi connectivity index (χ0n) is 9.70. The van der Waals surface area contributed by atoms with Gasteiger partial charge in [0.05, 0.1) is 0 Å². The van der Waals surface area contributed by atoms with Gasteiger partial charge in [-0.1, -0.05) is 30.0 Å². The van der Waals surface area contributed by atoms with Crippen molar-refractivity contribution in [1.29, 1.82) is 0 Å². The third-order valence-electron chi connectivity index (χ3n) is 2.49. The summed E-state index contributed by atoms with van der Waals surface area (Å²) in [7, 11) is 0. The average molecular weight is 326 g/mol. The number of rotatable bonds is 4. The lowest BCUT2D eigenvalue weighted by Crippen LogP contribution is -2.02. The van der Waals surface area contributed by atoms with Crippen molar-refractivity contribution in [2.24, 2.45) is 5.73 Å². The van der Waals surface area contributed by atoms with Gasteiger partial charge in [0.2, 0.25) is 0 Å². The molecule has 2 rings (SSSR count). The van der Waals surface area contributed by atoms with Gasteiger partial charge in [-0.15, -0.1) is 0 Å². The minimum Gasteiger partial charge on any atom is -0.330 e. The molecule has 94 valence electrons. The second-order valence-corrected chi connectivity index (χ2v) is 5.77. The second kappa shape index (κ2) is 6.36. The van der Waals surface area contributed by atoms with Crippen molar-refractivity contribution in [3.63, 3.8) is 0 Å². The number of benzene rings is 2. The molecule has 0 bridgehead atoms. The molecule has 0 saturated heterocycles. The molecule has 0 fully saturated rings. The van der Waals surface area contributed by atoms with Crippen LogP contribution in [0.4, 0.5) is 4.39 Å². The number of halogens is 2. The molecule has 0 aromatic heterocycles. The van der Waals surface area contributed by atoms with Gasteiger partial charge in [-0.2, -0.15) is 0 Å². The fraction of sp³-hybridized carbons (Fsp3) is 0.143. The molecule has 0 saturated carbocycles. The van der Waals surface area contributed by atoms with E-state index in [0.717, 1.165) is 14.9 Å². The van der Waals surface area contributed by atoms with Gasteiger partial charge in [0.15, 0.2) is 0 Å². The molecule has 0 aliphatic heterocycles. The molecule has 0 amide bonds. The largest absolute Gasteiger partial charge is 0.330 e. The summed E-state index contributed by atoms with van der Waals surface area (Å²) in [5.41, 5.74) is 6.39. The normalized spacial score (nSPS) is 10.6. The van der Waals surface area contributed by atoms with Gasteiger partial charge in [-0.25, -0.2) is 4.39 Å². The van der Waals surface area contributed by atoms with Crippen LogP contribution in [0.25, 0.3) is 0 Å². The Bertz CT molecular complexity index is 545. The van der Waals surface area contributed by atoms with Gasteiger partial charge in [0, 0.05) is 14.3 Å². The van der Waals surface area contributed by atoms with Crippen LogP contribution in [0.5, 0.6) is 0 Å². The topological polar surface area (TPSA) is 26.0 Å². The van der Waals surface area contributed by atoms with Crippen LogP contribution in [-0.4, -0.2) is 6.54 Å². The summed E-state index contributed by atoms with van der Waals surface area (Å²) in [5, 5.41) is 0. The Morgan fingerprint density at radius 3 is 2.56 bits per heavy atom. The molecule has 2 aromatic rings. The van der Waals surface area contributed by atoms with Crippen LogP contribution in [0, 0.1) is 5.82 Å². The quantitative estimate of drug-likeness (QED) is 0.909. The van der Waals surface area contributed by atoms with Gasteiger partial charge >= 0.3 is 0 Å². The van der Waals surface area contributed by atoms with E-state index in [0.29, 0.717) is 17.9 Å². The SMILES string of the molecule is NCCc1ccc(Sc2ccccc2Br)c(F)c1. The maximum absolute atomic E-state index is 13.9. The van der Waals surface area contributed by atoms with Crippen molar-refractivity contribution in [2.45, 2.75) is 16.2 Å². The van der Waals surface area contributed by atoms with Crippen LogP contribution in [0.15, 0.2) is 56.7 Å². The van der Waals surface area contributed by atoms with Crippen LogP contribution in [0.1, 0.15) is 5.56 Å². The Morgan fingerprint density at radius 2 is 1.89 bits per heavy atom. The third-order valence-corrected chi connectivity index (χ3v) is 4.57. The molecule has 0 atom stereocenters. The number of nitrogens with two attached hydrogens (primary N) is 1. The highest BCUT2D eigenvalue weighted by molar-refractivity contribution is 9.10. The zero-order valence-corrected chi connectivity index (χ0v) is 12.1. The first kappa shape index (κ1) is 13.6. The molecule has 0 spiro atoms. The van der Waals surface area contributed by atoms with E-state index in [4.69, 9.17) is 5.73 Å². The van der Waals surface area contributed by atoms with E-state index in [1.165, 1.54) is 11.8 Å². The molecule has 0 unspecified atom stereocenters. The maximum atomic E-state index is 13.9. The lowest BCUT2D eigenvalue weighted by Gasteiger charge is -2.07. The first-order chi connectivity index (χ1) is 8.70. The van der Waals surface area contributed by atoms with E-state index in [9.17, 15) is 4.39 Å². The lowest BCUT2D eigenvalue weighted by atomic mass is 10.1. The fourth-order valence-electron chi connectivity index (χ4n) is 1.60. The molecule has 0 aliphatic carbocycles. The van der Waals surface area contributed by atoms with Crippen LogP contribution in [0.3, 0.4) is 0 Å². The van der Waals surface area contributed by atoms with Gasteiger partial charge in [0.1, 0.15) is 5.82 Å². The van der Waals surface area contributed by atoms with Crippen molar-refractivity contribution in [3.05, 3.63) is 58.3 Å². The number of hydrogen-bond donors (Lipinski definition) is 1. The van der Waals surface area contributed by atoms with Gasteiger partial charge in [0.25, 0.3) is 0 Å². The standard InChI is InChI=1S/C14H13BrFNS/c15-11-3-1-2-4-13(11)18-14-6-5-10(7-8-17)9-12(14)16/h1-6,9H,7-8,17H2. The van der Waals surface area contributed by atoms with Crippen LogP contribution < -0.4 is 5.73 Å². The van der Waals surface area contributed by atoms with Crippen molar-refractivity contribution >= 4 is 27.7 Å². The second-order valence-electron chi connectivity index (χ2n) is 3.84. The molecular weight excluding hydrogens is 313 g/mol. The Kier molecular flexibility index (Phi) is 4.80. The number of hydrogen-bond acceptors (Lipinski definition) is 2. The Balaban J connectivity index is 2.22. The van der Waals surface area contributed by atoms with Gasteiger partial charge in [-0.3, -0.25) is 0 Å². The fourth-order valence-corrected chi connectivity index (χ4v) is 2.96. The average Bonchev–Trinajstić information content (AvgIpc) is 2.35. The van der Waals surface area contributed by atoms with Gasteiger partial charge < -0.3 is 5.73 Å². The highest BCUT2D eigenvalue weighted by atomic mass is 79.9. The van der Waals surface area contributed by atoms with Crippen LogP contribution >= 0.6 is 27.7 Å². The van der Waals surface area contributed by atoms with E-state index < -0.39 is 0 Å². The predicted octanol–water partition coefficient (Wildman–Crippen LogP) is 4.24. The Hall–Kier alpha value is -0.840. The summed E-state index contributed by atoms with van der Waals surface area (Å²) >= 11 is 4.87. The molecule has 2 N–H and O–H groups in total. The summed E-state index contributed by atoms with van der Waals surface area (Å²) in [4.78, 5) is 1.63. The summed E-state index contributed by atoms with van der Waals surface area (Å²) in [5.74, 6) is -0.193. The molecule has 0 aliphatic rings. The van der Waals surface area contributed by atoms with Crippen LogP contribution in [-0.2, 0) is 6.42 Å². The van der Waals surface area contributed by atoms with E-state index >= 15 is 0 Å². The molecule has 0 radical (unpaired) electrons. The summed E-state index contributed by atoms with van der Waals surface area (Å²) < 4.78 is 14.9. The highest BCUT2D eigenvalue weighted by Crippen LogP contribution is 2.34. The lowest BCUT2D eigenvalue weighted by molar-refractivity contribution is 0.599. The van der Waals surface area contributed by atoms with Crippen molar-refractivity contribution < 1.29 is 4.39 Å². The Labute approximate surface area is 119 Å². The Morgan fingerprint density at radius 1 is 1.11 bits per heavy atom. The molecular formula is C14H13BrFNS. The van der Waals surface area contributed by atoms with Crippen molar-refractivity contribution in [3.8, 4) is 0 Å². The third kappa shape index (κ3) is 3.34. The van der Waals surface area contributed by atoms with E-state index in [1.807, 2.05) is 36.4 Å². The first-order valence-corrected chi connectivity index (χ1v) is 7.22. The van der Waals surface area contributed by atoms with Crippen molar-refractivity contribution in [2.75, 3.05) is 6.54 Å². The smallest absolute Gasteiger partial charge is 0.137 e. The molecule has 4 heteroatoms. The summed E-state index contributed by atoms with van der Waals surface area (Å²) in [6.07, 6.45) is 0.705. The van der Waals surface area contributed by atoms with E-state index in [-0.39, 0.29) is 5.82 Å². The minimum absolute atomic E-state index is 0.193.